The van der Waals surface area contributed by atoms with Gasteiger partial charge in [-0.05, 0) is 5.92 Å². The summed E-state index contributed by atoms with van der Waals surface area (Å²) in [6.07, 6.45) is 1.31. The molecule has 0 rings (SSSR count). The smallest absolute Gasteiger partial charge is 0.358 e. The van der Waals surface area contributed by atoms with Gasteiger partial charge in [-0.1, -0.05) is 54.9 Å². The summed E-state index contributed by atoms with van der Waals surface area (Å²) in [5.74, 6) is 0.884. The first kappa shape index (κ1) is 29.3. The number of rotatable bonds is 1. The van der Waals surface area contributed by atoms with Crippen molar-refractivity contribution in [3.05, 3.63) is 7.43 Å². The van der Waals surface area contributed by atoms with Gasteiger partial charge in [0.15, 0.2) is 0 Å². The molecule has 0 heterocycles. The van der Waals surface area contributed by atoms with Gasteiger partial charge in [0.1, 0.15) is 0 Å². The van der Waals surface area contributed by atoms with Crippen LogP contribution < -0.4 is 51.4 Å². The first-order valence-electron chi connectivity index (χ1n) is 4.27. The van der Waals surface area contributed by atoms with Crippen LogP contribution in [0.1, 0.15) is 54.9 Å². The van der Waals surface area contributed by atoms with Crippen LogP contribution in [0, 0.1) is 13.3 Å². The molecule has 0 radical (unpaired) electrons. The molecule has 0 amide bonds. The van der Waals surface area contributed by atoms with E-state index in [0.29, 0.717) is 0 Å². The maximum absolute atomic E-state index is 2.22. The standard InChI is InChI=1S/C5H12.2C2H6.CH3.K/c1-4-5(2)3;2*1-2;;/h5H,4H2,1-3H3;2*1-2H3;1H3;/q;;;-1;+1. The van der Waals surface area contributed by atoms with E-state index in [9.17, 15) is 0 Å². The molecule has 0 aromatic rings. The molecule has 0 aliphatic carbocycles. The average Bonchev–Trinajstić information content (AvgIpc) is 1.97. The molecule has 0 unspecified atom stereocenters. The minimum atomic E-state index is 0. The molecule has 0 saturated carbocycles. The van der Waals surface area contributed by atoms with Crippen molar-refractivity contribution in [2.45, 2.75) is 54.9 Å². The zero-order valence-corrected chi connectivity index (χ0v) is 13.4. The monoisotopic (exact) mass is 186 g/mol. The fourth-order valence-corrected chi connectivity index (χ4v) is 0. The Balaban J connectivity index is -0.0000000178. The molecule has 0 atom stereocenters. The van der Waals surface area contributed by atoms with E-state index in [1.807, 2.05) is 27.7 Å². The van der Waals surface area contributed by atoms with Gasteiger partial charge in [0.25, 0.3) is 0 Å². The molecule has 0 saturated heterocycles. The SMILES string of the molecule is CC.CC.CCC(C)C.[CH3-].[K+]. The Hall–Kier alpha value is 1.64. The van der Waals surface area contributed by atoms with E-state index in [1.54, 1.807) is 0 Å². The van der Waals surface area contributed by atoms with Gasteiger partial charge in [-0.25, -0.2) is 0 Å². The van der Waals surface area contributed by atoms with E-state index in [1.165, 1.54) is 6.42 Å². The van der Waals surface area contributed by atoms with Crippen molar-refractivity contribution >= 4 is 0 Å². The molecule has 0 aliphatic heterocycles. The van der Waals surface area contributed by atoms with E-state index in [4.69, 9.17) is 0 Å². The summed E-state index contributed by atoms with van der Waals surface area (Å²) >= 11 is 0. The summed E-state index contributed by atoms with van der Waals surface area (Å²) in [5.41, 5.74) is 0. The largest absolute Gasteiger partial charge is 1.00 e. The number of hydrogen-bond donors (Lipinski definition) is 0. The Morgan fingerprint density at radius 2 is 1.00 bits per heavy atom. The van der Waals surface area contributed by atoms with E-state index in [-0.39, 0.29) is 58.8 Å². The molecule has 0 aromatic heterocycles. The fourth-order valence-electron chi connectivity index (χ4n) is 0. The molecule has 0 N–H and O–H groups in total. The summed E-state index contributed by atoms with van der Waals surface area (Å²) in [4.78, 5) is 0. The van der Waals surface area contributed by atoms with Crippen LogP contribution in [0.5, 0.6) is 0 Å². The van der Waals surface area contributed by atoms with Gasteiger partial charge in [0, 0.05) is 0 Å². The zero-order chi connectivity index (χ0) is 8.28. The molecule has 68 valence electrons. The molecular formula is C10H27K. The molecule has 0 spiro atoms. The summed E-state index contributed by atoms with van der Waals surface area (Å²) in [7, 11) is 0. The second-order valence-electron chi connectivity index (χ2n) is 1.80. The summed E-state index contributed by atoms with van der Waals surface area (Å²) in [6.45, 7) is 14.6. The molecule has 0 nitrogen and oxygen atoms in total. The molecule has 0 aliphatic rings. The van der Waals surface area contributed by atoms with Crippen LogP contribution in [0.15, 0.2) is 0 Å². The molecule has 0 fully saturated rings. The van der Waals surface area contributed by atoms with Crippen molar-refractivity contribution in [1.82, 2.24) is 0 Å². The Labute approximate surface area is 118 Å². The Kier molecular flexibility index (Phi) is 111. The second-order valence-corrected chi connectivity index (χ2v) is 1.80. The van der Waals surface area contributed by atoms with Crippen LogP contribution in [0.2, 0.25) is 0 Å². The van der Waals surface area contributed by atoms with Crippen LogP contribution in [-0.4, -0.2) is 0 Å². The summed E-state index contributed by atoms with van der Waals surface area (Å²) in [5, 5.41) is 0. The third-order valence-corrected chi connectivity index (χ3v) is 0.816. The molecule has 0 bridgehead atoms. The minimum Gasteiger partial charge on any atom is -0.358 e. The molecular weight excluding hydrogens is 159 g/mol. The third-order valence-electron chi connectivity index (χ3n) is 0.816. The van der Waals surface area contributed by atoms with Crippen LogP contribution in [0.4, 0.5) is 0 Å². The Morgan fingerprint density at radius 1 is 0.909 bits per heavy atom. The zero-order valence-electron chi connectivity index (χ0n) is 10.3. The van der Waals surface area contributed by atoms with E-state index in [2.05, 4.69) is 20.8 Å². The normalized spacial score (nSPS) is 5.45. The summed E-state index contributed by atoms with van der Waals surface area (Å²) < 4.78 is 0. The molecule has 1 heteroatoms. The van der Waals surface area contributed by atoms with E-state index >= 15 is 0 Å². The van der Waals surface area contributed by atoms with Crippen LogP contribution in [0.3, 0.4) is 0 Å². The summed E-state index contributed by atoms with van der Waals surface area (Å²) in [6, 6.07) is 0. The van der Waals surface area contributed by atoms with Crippen LogP contribution >= 0.6 is 0 Å². The van der Waals surface area contributed by atoms with Gasteiger partial charge in [0.2, 0.25) is 0 Å². The van der Waals surface area contributed by atoms with Gasteiger partial charge in [-0.2, -0.15) is 0 Å². The molecule has 11 heavy (non-hydrogen) atoms. The maximum Gasteiger partial charge on any atom is 1.00 e. The van der Waals surface area contributed by atoms with Gasteiger partial charge < -0.3 is 7.43 Å². The van der Waals surface area contributed by atoms with Crippen LogP contribution in [-0.2, 0) is 0 Å². The predicted molar refractivity (Wildman–Crippen MR) is 54.2 cm³/mol. The Bertz CT molecular complexity index is 18.8. The van der Waals surface area contributed by atoms with Gasteiger partial charge in [-0.15, -0.1) is 0 Å². The third kappa shape index (κ3) is 81.7. The van der Waals surface area contributed by atoms with Gasteiger partial charge in [-0.3, -0.25) is 0 Å². The predicted octanol–water partition coefficient (Wildman–Crippen LogP) is 1.56. The van der Waals surface area contributed by atoms with Crippen molar-refractivity contribution in [2.24, 2.45) is 5.92 Å². The number of hydrogen-bond acceptors (Lipinski definition) is 0. The van der Waals surface area contributed by atoms with Crippen molar-refractivity contribution in [2.75, 3.05) is 0 Å². The average molecular weight is 186 g/mol. The van der Waals surface area contributed by atoms with Gasteiger partial charge >= 0.3 is 51.4 Å². The fraction of sp³-hybridized carbons (Fsp3) is 0.900. The molecule has 0 aromatic carbocycles. The van der Waals surface area contributed by atoms with E-state index < -0.39 is 0 Å². The quantitative estimate of drug-likeness (QED) is 0.431. The van der Waals surface area contributed by atoms with Crippen molar-refractivity contribution in [3.8, 4) is 0 Å². The topological polar surface area (TPSA) is 0 Å². The van der Waals surface area contributed by atoms with Crippen molar-refractivity contribution in [3.63, 3.8) is 0 Å². The van der Waals surface area contributed by atoms with E-state index in [0.717, 1.165) is 5.92 Å². The maximum atomic E-state index is 2.22. The Morgan fingerprint density at radius 3 is 1.00 bits per heavy atom. The second kappa shape index (κ2) is 41.4. The van der Waals surface area contributed by atoms with Crippen LogP contribution in [0.25, 0.3) is 0 Å². The van der Waals surface area contributed by atoms with Crippen molar-refractivity contribution in [1.29, 1.82) is 0 Å². The van der Waals surface area contributed by atoms with Crippen molar-refractivity contribution < 1.29 is 51.4 Å². The van der Waals surface area contributed by atoms with Gasteiger partial charge in [0.05, 0.1) is 0 Å². The first-order valence-corrected chi connectivity index (χ1v) is 4.27. The first-order chi connectivity index (χ1) is 4.27. The minimum absolute atomic E-state index is 0.